The average Bonchev–Trinajstić information content (AvgIpc) is 2.14. The fraction of sp³-hybridized carbons (Fsp3) is 0.300. The molecular formula is C10H12NO. The molecule has 0 saturated heterocycles. The van der Waals surface area contributed by atoms with Gasteiger partial charge in [-0.2, -0.15) is 0 Å². The van der Waals surface area contributed by atoms with Gasteiger partial charge in [-0.3, -0.25) is 4.98 Å². The van der Waals surface area contributed by atoms with E-state index in [0.29, 0.717) is 6.61 Å². The highest BCUT2D eigenvalue weighted by molar-refractivity contribution is 5.14. The minimum atomic E-state index is 0.714. The summed E-state index contributed by atoms with van der Waals surface area (Å²) in [4.78, 5) is 3.88. The Morgan fingerprint density at radius 2 is 2.58 bits per heavy atom. The number of ether oxygens (including phenoxy) is 1. The van der Waals surface area contributed by atoms with Crippen molar-refractivity contribution in [3.8, 4) is 5.75 Å². The third-order valence-electron chi connectivity index (χ3n) is 1.40. The summed E-state index contributed by atoms with van der Waals surface area (Å²) in [7, 11) is 0. The minimum absolute atomic E-state index is 0.714. The molecule has 63 valence electrons. The summed E-state index contributed by atoms with van der Waals surface area (Å²) < 4.78 is 5.37. The average molecular weight is 162 g/mol. The highest BCUT2D eigenvalue weighted by atomic mass is 16.5. The van der Waals surface area contributed by atoms with Gasteiger partial charge in [0.15, 0.2) is 0 Å². The monoisotopic (exact) mass is 162 g/mol. The normalized spacial score (nSPS) is 9.33. The van der Waals surface area contributed by atoms with Crippen LogP contribution in [0.5, 0.6) is 5.75 Å². The van der Waals surface area contributed by atoms with Crippen LogP contribution in [0.25, 0.3) is 0 Å². The minimum Gasteiger partial charge on any atom is -0.492 e. The second-order valence-electron chi connectivity index (χ2n) is 2.40. The first-order chi connectivity index (χ1) is 5.93. The Labute approximate surface area is 72.9 Å². The molecule has 1 aromatic rings. The summed E-state index contributed by atoms with van der Waals surface area (Å²) in [6.45, 7) is 4.35. The molecule has 0 aliphatic heterocycles. The second-order valence-corrected chi connectivity index (χ2v) is 2.40. The van der Waals surface area contributed by atoms with Crippen molar-refractivity contribution in [1.29, 1.82) is 0 Å². The zero-order chi connectivity index (χ0) is 8.65. The topological polar surface area (TPSA) is 22.1 Å². The molecule has 0 amide bonds. The second kappa shape index (κ2) is 5.35. The molecular weight excluding hydrogens is 150 g/mol. The number of pyridine rings is 1. The van der Waals surface area contributed by atoms with Gasteiger partial charge in [-0.05, 0) is 18.9 Å². The fourth-order valence-corrected chi connectivity index (χ4v) is 0.807. The van der Waals surface area contributed by atoms with Crippen molar-refractivity contribution < 1.29 is 4.74 Å². The molecule has 1 rings (SSSR count). The van der Waals surface area contributed by atoms with Crippen molar-refractivity contribution >= 4 is 0 Å². The maximum absolute atomic E-state index is 5.37. The largest absolute Gasteiger partial charge is 0.492 e. The predicted octanol–water partition coefficient (Wildman–Crippen LogP) is 2.23. The SMILES string of the molecule is C=CCCCOc1c[c]cnc1. The lowest BCUT2D eigenvalue weighted by Gasteiger charge is -2.02. The number of hydrogen-bond donors (Lipinski definition) is 0. The molecule has 1 heterocycles. The Kier molecular flexibility index (Phi) is 3.92. The molecule has 0 aliphatic carbocycles. The van der Waals surface area contributed by atoms with Gasteiger partial charge in [-0.25, -0.2) is 0 Å². The van der Waals surface area contributed by atoms with Crippen molar-refractivity contribution in [3.05, 3.63) is 37.2 Å². The van der Waals surface area contributed by atoms with Gasteiger partial charge in [0.1, 0.15) is 5.75 Å². The molecule has 1 radical (unpaired) electrons. The number of unbranched alkanes of at least 4 members (excludes halogenated alkanes) is 1. The van der Waals surface area contributed by atoms with Crippen LogP contribution in [0, 0.1) is 6.07 Å². The van der Waals surface area contributed by atoms with E-state index in [1.54, 1.807) is 18.5 Å². The zero-order valence-corrected chi connectivity index (χ0v) is 6.99. The molecule has 0 bridgehead atoms. The highest BCUT2D eigenvalue weighted by Gasteiger charge is 1.90. The maximum Gasteiger partial charge on any atom is 0.138 e. The Balaban J connectivity index is 2.20. The standard InChI is InChI=1S/C10H12NO/c1-2-3-4-8-12-10-6-5-7-11-9-10/h2,6-7,9H,1,3-4,8H2. The molecule has 2 heteroatoms. The van der Waals surface area contributed by atoms with E-state index in [0.717, 1.165) is 18.6 Å². The summed E-state index contributed by atoms with van der Waals surface area (Å²) >= 11 is 0. The van der Waals surface area contributed by atoms with Crippen LogP contribution in [0.1, 0.15) is 12.8 Å². The molecule has 0 saturated carbocycles. The summed E-state index contributed by atoms with van der Waals surface area (Å²) in [5.41, 5.74) is 0. The lowest BCUT2D eigenvalue weighted by atomic mass is 10.3. The predicted molar refractivity (Wildman–Crippen MR) is 48.0 cm³/mol. The molecule has 12 heavy (non-hydrogen) atoms. The Bertz CT molecular complexity index is 221. The van der Waals surface area contributed by atoms with Crippen molar-refractivity contribution in [1.82, 2.24) is 4.98 Å². The van der Waals surface area contributed by atoms with Gasteiger partial charge in [0.05, 0.1) is 12.8 Å². The molecule has 0 aromatic carbocycles. The van der Waals surface area contributed by atoms with Crippen LogP contribution in [0.4, 0.5) is 0 Å². The van der Waals surface area contributed by atoms with Crippen LogP contribution in [-0.4, -0.2) is 11.6 Å². The van der Waals surface area contributed by atoms with Crippen LogP contribution < -0.4 is 4.74 Å². The lowest BCUT2D eigenvalue weighted by molar-refractivity contribution is 0.311. The quantitative estimate of drug-likeness (QED) is 0.489. The molecule has 2 nitrogen and oxygen atoms in total. The Morgan fingerprint density at radius 1 is 1.67 bits per heavy atom. The van der Waals surface area contributed by atoms with Crippen molar-refractivity contribution in [2.24, 2.45) is 0 Å². The van der Waals surface area contributed by atoms with Crippen LogP contribution in [-0.2, 0) is 0 Å². The van der Waals surface area contributed by atoms with Gasteiger partial charge in [-0.15, -0.1) is 6.58 Å². The van der Waals surface area contributed by atoms with E-state index >= 15 is 0 Å². The van der Waals surface area contributed by atoms with Crippen LogP contribution in [0.15, 0.2) is 31.1 Å². The molecule has 0 aliphatic rings. The number of hydrogen-bond acceptors (Lipinski definition) is 2. The maximum atomic E-state index is 5.37. The van der Waals surface area contributed by atoms with Crippen molar-refractivity contribution in [3.63, 3.8) is 0 Å². The van der Waals surface area contributed by atoms with Gasteiger partial charge in [0.25, 0.3) is 0 Å². The fourth-order valence-electron chi connectivity index (χ4n) is 0.807. The smallest absolute Gasteiger partial charge is 0.138 e. The Morgan fingerprint density at radius 3 is 3.25 bits per heavy atom. The van der Waals surface area contributed by atoms with E-state index in [1.807, 2.05) is 6.08 Å². The van der Waals surface area contributed by atoms with E-state index in [9.17, 15) is 0 Å². The van der Waals surface area contributed by atoms with E-state index in [2.05, 4.69) is 17.6 Å². The summed E-state index contributed by atoms with van der Waals surface area (Å²) in [6.07, 6.45) is 7.17. The number of nitrogens with zero attached hydrogens (tertiary/aromatic N) is 1. The summed E-state index contributed by atoms with van der Waals surface area (Å²) in [5.74, 6) is 0.779. The van der Waals surface area contributed by atoms with Crippen LogP contribution >= 0.6 is 0 Å². The third kappa shape index (κ3) is 3.19. The molecule has 0 N–H and O–H groups in total. The van der Waals surface area contributed by atoms with Gasteiger partial charge in [0, 0.05) is 12.3 Å². The van der Waals surface area contributed by atoms with E-state index in [4.69, 9.17) is 4.74 Å². The van der Waals surface area contributed by atoms with E-state index in [-0.39, 0.29) is 0 Å². The molecule has 0 atom stereocenters. The first kappa shape index (κ1) is 8.78. The number of rotatable bonds is 5. The molecule has 0 spiro atoms. The van der Waals surface area contributed by atoms with Crippen LogP contribution in [0.2, 0.25) is 0 Å². The number of aromatic nitrogens is 1. The van der Waals surface area contributed by atoms with Crippen molar-refractivity contribution in [2.75, 3.05) is 6.61 Å². The summed E-state index contributed by atoms with van der Waals surface area (Å²) in [6, 6.07) is 4.62. The van der Waals surface area contributed by atoms with Gasteiger partial charge in [-0.1, -0.05) is 6.08 Å². The van der Waals surface area contributed by atoms with Crippen molar-refractivity contribution in [2.45, 2.75) is 12.8 Å². The first-order valence-electron chi connectivity index (χ1n) is 3.98. The van der Waals surface area contributed by atoms with E-state index < -0.39 is 0 Å². The molecule has 0 fully saturated rings. The summed E-state index contributed by atoms with van der Waals surface area (Å²) in [5, 5.41) is 0. The zero-order valence-electron chi connectivity index (χ0n) is 6.99. The Hall–Kier alpha value is -1.31. The first-order valence-corrected chi connectivity index (χ1v) is 3.98. The van der Waals surface area contributed by atoms with Gasteiger partial charge >= 0.3 is 0 Å². The van der Waals surface area contributed by atoms with E-state index in [1.165, 1.54) is 0 Å². The van der Waals surface area contributed by atoms with Crippen LogP contribution in [0.3, 0.4) is 0 Å². The lowest BCUT2D eigenvalue weighted by Crippen LogP contribution is -1.96. The van der Waals surface area contributed by atoms with Gasteiger partial charge < -0.3 is 4.74 Å². The number of allylic oxidation sites excluding steroid dienone is 1. The third-order valence-corrected chi connectivity index (χ3v) is 1.40. The molecule has 0 unspecified atom stereocenters. The van der Waals surface area contributed by atoms with Gasteiger partial charge in [0.2, 0.25) is 0 Å². The highest BCUT2D eigenvalue weighted by Crippen LogP contribution is 2.06. The molecule has 1 aromatic heterocycles.